The Bertz CT molecular complexity index is 1340. The van der Waals surface area contributed by atoms with Crippen molar-refractivity contribution in [3.05, 3.63) is 93.0 Å². The highest BCUT2D eigenvalue weighted by atomic mass is 35.5. The zero-order chi connectivity index (χ0) is 24.7. The molecule has 1 amide bonds. The van der Waals surface area contributed by atoms with Crippen LogP contribution in [0.5, 0.6) is 11.5 Å². The number of nitro benzene ring substituents is 1. The van der Waals surface area contributed by atoms with Crippen LogP contribution >= 0.6 is 11.6 Å². The van der Waals surface area contributed by atoms with E-state index in [9.17, 15) is 23.3 Å². The van der Waals surface area contributed by atoms with Crippen LogP contribution in [0.1, 0.15) is 22.8 Å². The quantitative estimate of drug-likeness (QED) is 0.200. The van der Waals surface area contributed by atoms with Gasteiger partial charge >= 0.3 is 10.1 Å². The van der Waals surface area contributed by atoms with Crippen molar-refractivity contribution >= 4 is 39.5 Å². The highest BCUT2D eigenvalue weighted by molar-refractivity contribution is 7.87. The lowest BCUT2D eigenvalue weighted by atomic mass is 10.2. The summed E-state index contributed by atoms with van der Waals surface area (Å²) in [4.78, 5) is 22.0. The van der Waals surface area contributed by atoms with E-state index in [1.165, 1.54) is 30.5 Å². The molecule has 0 bridgehead atoms. The number of carbonyl (C=O) groups is 1. The minimum Gasteiger partial charge on any atom is -0.490 e. The maximum atomic E-state index is 12.6. The van der Waals surface area contributed by atoms with Crippen molar-refractivity contribution < 1.29 is 27.1 Å². The topological polar surface area (TPSA) is 137 Å². The first-order chi connectivity index (χ1) is 16.2. The van der Waals surface area contributed by atoms with E-state index < -0.39 is 20.9 Å². The summed E-state index contributed by atoms with van der Waals surface area (Å²) in [5.74, 6) is -0.420. The first kappa shape index (κ1) is 24.7. The average Bonchev–Trinajstić information content (AvgIpc) is 2.80. The Balaban J connectivity index is 1.76. The van der Waals surface area contributed by atoms with Crippen molar-refractivity contribution in [1.29, 1.82) is 0 Å². The van der Waals surface area contributed by atoms with Gasteiger partial charge in [-0.05, 0) is 61.0 Å². The zero-order valence-corrected chi connectivity index (χ0v) is 19.2. The maximum absolute atomic E-state index is 12.6. The Hall–Kier alpha value is -3.96. The van der Waals surface area contributed by atoms with Crippen molar-refractivity contribution in [1.82, 2.24) is 5.43 Å². The summed E-state index contributed by atoms with van der Waals surface area (Å²) in [5, 5.41) is 15.1. The van der Waals surface area contributed by atoms with Crippen LogP contribution in [0.4, 0.5) is 5.69 Å². The van der Waals surface area contributed by atoms with Gasteiger partial charge in [0.1, 0.15) is 4.90 Å². The summed E-state index contributed by atoms with van der Waals surface area (Å²) in [5.41, 5.74) is 2.95. The Morgan fingerprint density at radius 2 is 1.85 bits per heavy atom. The number of hydrogen-bond acceptors (Lipinski definition) is 8. The normalized spacial score (nSPS) is 11.2. The monoisotopic (exact) mass is 503 g/mol. The molecule has 0 spiro atoms. The van der Waals surface area contributed by atoms with E-state index in [0.717, 1.165) is 24.3 Å². The predicted molar refractivity (Wildman–Crippen MR) is 125 cm³/mol. The molecule has 0 saturated heterocycles. The van der Waals surface area contributed by atoms with Gasteiger partial charge in [-0.25, -0.2) is 5.43 Å². The smallest absolute Gasteiger partial charge is 0.339 e. The number of nitro groups is 1. The fourth-order valence-corrected chi connectivity index (χ4v) is 3.83. The molecule has 0 atom stereocenters. The molecule has 0 aromatic heterocycles. The molecular weight excluding hydrogens is 486 g/mol. The Morgan fingerprint density at radius 3 is 2.50 bits per heavy atom. The van der Waals surface area contributed by atoms with Crippen molar-refractivity contribution in [2.45, 2.75) is 11.8 Å². The van der Waals surface area contributed by atoms with Crippen LogP contribution in [0.3, 0.4) is 0 Å². The second-order valence-electron chi connectivity index (χ2n) is 6.64. The first-order valence-corrected chi connectivity index (χ1v) is 11.5. The van der Waals surface area contributed by atoms with Crippen LogP contribution in [0.2, 0.25) is 5.02 Å². The highest BCUT2D eigenvalue weighted by Gasteiger charge is 2.20. The standard InChI is InChI=1S/C22H18ClN3O7S/c1-2-32-21-12-15(14-24-25-22(27)16-4-3-5-17(23)13-16)6-11-20(21)33-34(30,31)19-9-7-18(8-10-19)26(28)29/h3-14H,2H2,1H3,(H,25,27)/b24-14-. The van der Waals surface area contributed by atoms with Crippen molar-refractivity contribution in [2.24, 2.45) is 5.10 Å². The number of nitrogens with one attached hydrogen (secondary N) is 1. The van der Waals surface area contributed by atoms with Crippen molar-refractivity contribution in [3.8, 4) is 11.5 Å². The van der Waals surface area contributed by atoms with E-state index in [2.05, 4.69) is 10.5 Å². The molecular formula is C22H18ClN3O7S. The second kappa shape index (κ2) is 10.8. The molecule has 0 aliphatic carbocycles. The fourth-order valence-electron chi connectivity index (χ4n) is 2.70. The summed E-state index contributed by atoms with van der Waals surface area (Å²) in [6.45, 7) is 1.93. The molecule has 12 heteroatoms. The van der Waals surface area contributed by atoms with Crippen LogP contribution in [-0.4, -0.2) is 32.1 Å². The SMILES string of the molecule is CCOc1cc(/C=N\NC(=O)c2cccc(Cl)c2)ccc1OS(=O)(=O)c1ccc([N+](=O)[O-])cc1. The molecule has 1 N–H and O–H groups in total. The van der Waals surface area contributed by atoms with E-state index >= 15 is 0 Å². The summed E-state index contributed by atoms with van der Waals surface area (Å²) in [6.07, 6.45) is 1.35. The molecule has 3 rings (SSSR count). The van der Waals surface area contributed by atoms with Crippen LogP contribution in [0.15, 0.2) is 76.7 Å². The number of amides is 1. The molecule has 34 heavy (non-hydrogen) atoms. The molecule has 0 radical (unpaired) electrons. The minimum atomic E-state index is -4.28. The number of hydrogen-bond donors (Lipinski definition) is 1. The number of ether oxygens (including phenoxy) is 1. The molecule has 0 aliphatic heterocycles. The number of nitrogens with zero attached hydrogens (tertiary/aromatic N) is 2. The number of hydrazone groups is 1. The average molecular weight is 504 g/mol. The third-order valence-corrected chi connectivity index (χ3v) is 5.75. The maximum Gasteiger partial charge on any atom is 0.339 e. The largest absolute Gasteiger partial charge is 0.490 e. The van der Waals surface area contributed by atoms with Gasteiger partial charge in [-0.2, -0.15) is 13.5 Å². The molecule has 0 unspecified atom stereocenters. The summed E-state index contributed by atoms with van der Waals surface area (Å²) < 4.78 is 35.9. The van der Waals surface area contributed by atoms with Gasteiger partial charge in [0, 0.05) is 22.7 Å². The Morgan fingerprint density at radius 1 is 1.12 bits per heavy atom. The number of benzene rings is 3. The summed E-state index contributed by atoms with van der Waals surface area (Å²) >= 11 is 5.87. The van der Waals surface area contributed by atoms with Crippen LogP contribution in [-0.2, 0) is 10.1 Å². The van der Waals surface area contributed by atoms with E-state index in [0.29, 0.717) is 16.1 Å². The van der Waals surface area contributed by atoms with Gasteiger partial charge < -0.3 is 8.92 Å². The van der Waals surface area contributed by atoms with Gasteiger partial charge in [-0.15, -0.1) is 0 Å². The number of non-ortho nitro benzene ring substituents is 1. The lowest BCUT2D eigenvalue weighted by Gasteiger charge is -2.12. The van der Waals surface area contributed by atoms with E-state index in [4.69, 9.17) is 20.5 Å². The van der Waals surface area contributed by atoms with Gasteiger partial charge in [-0.1, -0.05) is 17.7 Å². The molecule has 3 aromatic rings. The van der Waals surface area contributed by atoms with Gasteiger partial charge in [0.2, 0.25) is 0 Å². The van der Waals surface area contributed by atoms with Gasteiger partial charge in [0.15, 0.2) is 11.5 Å². The van der Waals surface area contributed by atoms with E-state index in [1.807, 2.05) is 0 Å². The molecule has 176 valence electrons. The lowest BCUT2D eigenvalue weighted by molar-refractivity contribution is -0.384. The van der Waals surface area contributed by atoms with Crippen molar-refractivity contribution in [3.63, 3.8) is 0 Å². The number of halogens is 1. The number of rotatable bonds is 9. The second-order valence-corrected chi connectivity index (χ2v) is 8.62. The molecule has 0 heterocycles. The molecule has 0 aliphatic rings. The van der Waals surface area contributed by atoms with Crippen LogP contribution in [0, 0.1) is 10.1 Å². The zero-order valence-electron chi connectivity index (χ0n) is 17.7. The van der Waals surface area contributed by atoms with Crippen LogP contribution in [0.25, 0.3) is 0 Å². The van der Waals surface area contributed by atoms with Crippen molar-refractivity contribution in [2.75, 3.05) is 6.61 Å². The minimum absolute atomic E-state index is 0.0830. The summed E-state index contributed by atoms with van der Waals surface area (Å²) in [7, 11) is -4.28. The first-order valence-electron chi connectivity index (χ1n) is 9.74. The van der Waals surface area contributed by atoms with Crippen LogP contribution < -0.4 is 14.3 Å². The third-order valence-electron chi connectivity index (χ3n) is 4.27. The Kier molecular flexibility index (Phi) is 7.82. The lowest BCUT2D eigenvalue weighted by Crippen LogP contribution is -2.17. The summed E-state index contributed by atoms with van der Waals surface area (Å²) in [6, 6.07) is 15.0. The Labute approximate surface area is 200 Å². The predicted octanol–water partition coefficient (Wildman–Crippen LogP) is 4.18. The van der Waals surface area contributed by atoms with E-state index in [1.54, 1.807) is 25.1 Å². The van der Waals surface area contributed by atoms with Gasteiger partial charge in [0.25, 0.3) is 11.6 Å². The molecule has 0 fully saturated rings. The van der Waals surface area contributed by atoms with Gasteiger partial charge in [0.05, 0.1) is 17.7 Å². The van der Waals surface area contributed by atoms with Gasteiger partial charge in [-0.3, -0.25) is 14.9 Å². The molecule has 10 nitrogen and oxygen atoms in total. The number of carbonyl (C=O) groups excluding carboxylic acids is 1. The third kappa shape index (κ3) is 6.30. The molecule has 3 aromatic carbocycles. The fraction of sp³-hybridized carbons (Fsp3) is 0.0909. The molecule has 0 saturated carbocycles. The highest BCUT2D eigenvalue weighted by Crippen LogP contribution is 2.31. The van der Waals surface area contributed by atoms with E-state index in [-0.39, 0.29) is 28.7 Å².